The van der Waals surface area contributed by atoms with Gasteiger partial charge in [-0.1, -0.05) is 42.8 Å². The second kappa shape index (κ2) is 9.61. The normalized spacial score (nSPS) is 11.7. The number of hydrogen-bond acceptors (Lipinski definition) is 5. The molecule has 0 aliphatic rings. The third-order valence-electron chi connectivity index (χ3n) is 4.85. The van der Waals surface area contributed by atoms with Crippen LogP contribution in [-0.4, -0.2) is 33.4 Å². The summed E-state index contributed by atoms with van der Waals surface area (Å²) in [5.74, 6) is -0.149. The summed E-state index contributed by atoms with van der Waals surface area (Å²) in [5, 5.41) is 7.24. The SMILES string of the molecule is CCC(C)NC(=O)c1nn(-c2cccc(OC)c2)c(=O)n(Cc2ccccc2Cl)c1=O. The van der Waals surface area contributed by atoms with Crippen LogP contribution in [0.25, 0.3) is 5.69 Å². The zero-order valence-corrected chi connectivity index (χ0v) is 18.2. The van der Waals surface area contributed by atoms with Gasteiger partial charge in [-0.05, 0) is 37.1 Å². The minimum atomic E-state index is -0.787. The monoisotopic (exact) mass is 442 g/mol. The van der Waals surface area contributed by atoms with Gasteiger partial charge in [0.1, 0.15) is 5.75 Å². The van der Waals surface area contributed by atoms with E-state index in [1.54, 1.807) is 48.5 Å². The van der Waals surface area contributed by atoms with Crippen molar-refractivity contribution in [2.45, 2.75) is 32.9 Å². The van der Waals surface area contributed by atoms with Crippen LogP contribution >= 0.6 is 11.6 Å². The molecule has 0 saturated heterocycles. The van der Waals surface area contributed by atoms with Crippen molar-refractivity contribution in [1.29, 1.82) is 0 Å². The molecule has 0 saturated carbocycles. The quantitative estimate of drug-likeness (QED) is 0.607. The molecule has 8 nitrogen and oxygen atoms in total. The fourth-order valence-electron chi connectivity index (χ4n) is 2.90. The van der Waals surface area contributed by atoms with E-state index in [0.29, 0.717) is 28.4 Å². The van der Waals surface area contributed by atoms with Crippen molar-refractivity contribution in [3.05, 3.63) is 85.6 Å². The predicted molar refractivity (Wildman–Crippen MR) is 118 cm³/mol. The van der Waals surface area contributed by atoms with Crippen molar-refractivity contribution < 1.29 is 9.53 Å². The summed E-state index contributed by atoms with van der Waals surface area (Å²) < 4.78 is 7.20. The fraction of sp³-hybridized carbons (Fsp3) is 0.273. The van der Waals surface area contributed by atoms with Gasteiger partial charge in [-0.15, -0.1) is 0 Å². The largest absolute Gasteiger partial charge is 0.497 e. The molecule has 1 N–H and O–H groups in total. The van der Waals surface area contributed by atoms with Gasteiger partial charge in [0, 0.05) is 17.1 Å². The highest BCUT2D eigenvalue weighted by Gasteiger charge is 2.22. The number of amides is 1. The van der Waals surface area contributed by atoms with Crippen LogP contribution in [0.4, 0.5) is 0 Å². The molecular weight excluding hydrogens is 420 g/mol. The lowest BCUT2D eigenvalue weighted by atomic mass is 10.2. The van der Waals surface area contributed by atoms with E-state index in [4.69, 9.17) is 16.3 Å². The van der Waals surface area contributed by atoms with Gasteiger partial charge in [-0.2, -0.15) is 9.78 Å². The summed E-state index contributed by atoms with van der Waals surface area (Å²) >= 11 is 6.23. The number of nitrogens with one attached hydrogen (secondary N) is 1. The van der Waals surface area contributed by atoms with E-state index in [2.05, 4.69) is 10.4 Å². The molecule has 0 fully saturated rings. The van der Waals surface area contributed by atoms with Gasteiger partial charge in [-0.25, -0.2) is 4.79 Å². The van der Waals surface area contributed by atoms with Crippen LogP contribution in [0.2, 0.25) is 5.02 Å². The number of hydrogen-bond donors (Lipinski definition) is 1. The highest BCUT2D eigenvalue weighted by atomic mass is 35.5. The molecule has 3 aromatic rings. The summed E-state index contributed by atoms with van der Waals surface area (Å²) in [4.78, 5) is 39.1. The van der Waals surface area contributed by atoms with Crippen molar-refractivity contribution >= 4 is 17.5 Å². The maximum atomic E-state index is 13.2. The minimum absolute atomic E-state index is 0.104. The Hall–Kier alpha value is -3.39. The van der Waals surface area contributed by atoms with Crippen molar-refractivity contribution in [1.82, 2.24) is 19.7 Å². The van der Waals surface area contributed by atoms with Gasteiger partial charge < -0.3 is 10.1 Å². The molecule has 1 aromatic heterocycles. The Morgan fingerprint density at radius 1 is 1.19 bits per heavy atom. The lowest BCUT2D eigenvalue weighted by molar-refractivity contribution is 0.0929. The molecule has 1 unspecified atom stereocenters. The van der Waals surface area contributed by atoms with Crippen molar-refractivity contribution in [3.63, 3.8) is 0 Å². The van der Waals surface area contributed by atoms with Gasteiger partial charge in [0.25, 0.3) is 11.5 Å². The third kappa shape index (κ3) is 4.86. The van der Waals surface area contributed by atoms with Gasteiger partial charge >= 0.3 is 5.69 Å². The molecule has 31 heavy (non-hydrogen) atoms. The summed E-state index contributed by atoms with van der Waals surface area (Å²) in [6, 6.07) is 13.3. The van der Waals surface area contributed by atoms with E-state index in [0.717, 1.165) is 9.25 Å². The number of carbonyl (C=O) groups is 1. The Morgan fingerprint density at radius 2 is 1.94 bits per heavy atom. The lowest BCUT2D eigenvalue weighted by Crippen LogP contribution is -2.47. The maximum absolute atomic E-state index is 13.2. The number of benzene rings is 2. The number of aromatic nitrogens is 3. The first-order valence-electron chi connectivity index (χ1n) is 9.78. The van der Waals surface area contributed by atoms with Crippen LogP contribution in [-0.2, 0) is 6.54 Å². The molecule has 0 aliphatic heterocycles. The Kier molecular flexibility index (Phi) is 6.91. The number of rotatable bonds is 7. The number of carbonyl (C=O) groups excluding carboxylic acids is 1. The molecule has 0 radical (unpaired) electrons. The molecule has 0 bridgehead atoms. The third-order valence-corrected chi connectivity index (χ3v) is 5.22. The fourth-order valence-corrected chi connectivity index (χ4v) is 3.09. The molecule has 9 heteroatoms. The zero-order chi connectivity index (χ0) is 22.5. The van der Waals surface area contributed by atoms with E-state index in [9.17, 15) is 14.4 Å². The van der Waals surface area contributed by atoms with Crippen molar-refractivity contribution in [3.8, 4) is 11.4 Å². The molecule has 1 atom stereocenters. The molecule has 0 aliphatic carbocycles. The Balaban J connectivity index is 2.22. The standard InChI is InChI=1S/C22H23ClN4O4/c1-4-14(2)24-20(28)19-21(29)26(13-15-8-5-6-11-18(15)23)22(30)27(25-19)16-9-7-10-17(12-16)31-3/h5-12,14H,4,13H2,1-3H3,(H,24,28). The topological polar surface area (TPSA) is 95.2 Å². The van der Waals surface area contributed by atoms with Crippen LogP contribution in [0.5, 0.6) is 5.75 Å². The molecule has 162 valence electrons. The average molecular weight is 443 g/mol. The molecular formula is C22H23ClN4O4. The summed E-state index contributed by atoms with van der Waals surface area (Å²) in [5.41, 5.74) is -0.937. The lowest BCUT2D eigenvalue weighted by Gasteiger charge is -2.15. The van der Waals surface area contributed by atoms with Crippen LogP contribution in [0.15, 0.2) is 58.1 Å². The smallest absolute Gasteiger partial charge is 0.352 e. The molecule has 1 heterocycles. The Labute approximate surface area is 184 Å². The van der Waals surface area contributed by atoms with Crippen molar-refractivity contribution in [2.24, 2.45) is 0 Å². The predicted octanol–water partition coefficient (Wildman–Crippen LogP) is 2.63. The summed E-state index contributed by atoms with van der Waals surface area (Å²) in [6.45, 7) is 3.62. The van der Waals surface area contributed by atoms with Crippen LogP contribution in [0.3, 0.4) is 0 Å². The molecule has 2 aromatic carbocycles. The first kappa shape index (κ1) is 22.3. The molecule has 1 amide bonds. The molecule has 3 rings (SSSR count). The van der Waals surface area contributed by atoms with Crippen LogP contribution in [0.1, 0.15) is 36.3 Å². The van der Waals surface area contributed by atoms with Gasteiger partial charge in [0.2, 0.25) is 5.69 Å². The summed E-state index contributed by atoms with van der Waals surface area (Å²) in [6.07, 6.45) is 0.676. The van der Waals surface area contributed by atoms with E-state index < -0.39 is 17.2 Å². The maximum Gasteiger partial charge on any atom is 0.352 e. The van der Waals surface area contributed by atoms with E-state index in [1.807, 2.05) is 13.8 Å². The second-order valence-electron chi connectivity index (χ2n) is 7.01. The Bertz CT molecular complexity index is 1220. The summed E-state index contributed by atoms with van der Waals surface area (Å²) in [7, 11) is 1.50. The number of nitrogens with zero attached hydrogens (tertiary/aromatic N) is 3. The highest BCUT2D eigenvalue weighted by molar-refractivity contribution is 6.31. The first-order chi connectivity index (χ1) is 14.8. The second-order valence-corrected chi connectivity index (χ2v) is 7.42. The zero-order valence-electron chi connectivity index (χ0n) is 17.5. The minimum Gasteiger partial charge on any atom is -0.497 e. The number of ether oxygens (including phenoxy) is 1. The number of methoxy groups -OCH3 is 1. The van der Waals surface area contributed by atoms with E-state index >= 15 is 0 Å². The highest BCUT2D eigenvalue weighted by Crippen LogP contribution is 2.16. The van der Waals surface area contributed by atoms with Gasteiger partial charge in [0.15, 0.2) is 0 Å². The Morgan fingerprint density at radius 3 is 2.61 bits per heavy atom. The van der Waals surface area contributed by atoms with Gasteiger partial charge in [-0.3, -0.25) is 14.2 Å². The average Bonchev–Trinajstić information content (AvgIpc) is 2.77. The first-order valence-corrected chi connectivity index (χ1v) is 10.2. The van der Waals surface area contributed by atoms with E-state index in [-0.39, 0.29) is 18.3 Å². The van der Waals surface area contributed by atoms with Crippen LogP contribution in [0, 0.1) is 0 Å². The van der Waals surface area contributed by atoms with Crippen LogP contribution < -0.4 is 21.3 Å². The van der Waals surface area contributed by atoms with E-state index in [1.165, 1.54) is 7.11 Å². The molecule has 0 spiro atoms. The van der Waals surface area contributed by atoms with Crippen molar-refractivity contribution in [2.75, 3.05) is 7.11 Å². The van der Waals surface area contributed by atoms with Gasteiger partial charge in [0.05, 0.1) is 19.3 Å². The number of halogens is 1.